The number of ether oxygens (including phenoxy) is 1. The maximum Gasteiger partial charge on any atom is 0.294 e. The molecule has 0 N–H and O–H groups in total. The van der Waals surface area contributed by atoms with Crippen LogP contribution in [0.2, 0.25) is 0 Å². The molecule has 10 heavy (non-hydrogen) atoms. The van der Waals surface area contributed by atoms with Gasteiger partial charge in [-0.25, -0.2) is 8.42 Å². The fourth-order valence-electron chi connectivity index (χ4n) is 0.457. The van der Waals surface area contributed by atoms with Gasteiger partial charge >= 0.3 is 0 Å². The second-order valence-electron chi connectivity index (χ2n) is 1.53. The lowest BCUT2D eigenvalue weighted by Gasteiger charge is -2.05. The molecule has 1 heterocycles. The lowest BCUT2D eigenvalue weighted by atomic mass is 10.6. The fourth-order valence-corrected chi connectivity index (χ4v) is 1.16. The van der Waals surface area contributed by atoms with Gasteiger partial charge in [-0.15, -0.1) is 0 Å². The third kappa shape index (κ3) is 1.71. The Morgan fingerprint density at radius 1 is 1.70 bits per heavy atom. The first-order valence-corrected chi connectivity index (χ1v) is 4.69. The van der Waals surface area contributed by atoms with Gasteiger partial charge in [0.1, 0.15) is 0 Å². The van der Waals surface area contributed by atoms with E-state index in [0.29, 0.717) is 0 Å². The van der Waals surface area contributed by atoms with Crippen LogP contribution in [-0.4, -0.2) is 21.4 Å². The van der Waals surface area contributed by atoms with Crippen molar-refractivity contribution in [3.05, 3.63) is 11.2 Å². The topological polar surface area (TPSA) is 55.7 Å². The summed E-state index contributed by atoms with van der Waals surface area (Å²) in [6.45, 7) is 0.0117. The van der Waals surface area contributed by atoms with E-state index in [1.807, 2.05) is 0 Å². The van der Waals surface area contributed by atoms with Gasteiger partial charge in [-0.1, -0.05) is 0 Å². The SMILES string of the molecule is O=S(=O)(Cl)C1=CC=NCO1. The zero-order valence-electron chi connectivity index (χ0n) is 4.82. The molecule has 0 bridgehead atoms. The highest BCUT2D eigenvalue weighted by Gasteiger charge is 2.15. The van der Waals surface area contributed by atoms with Gasteiger partial charge < -0.3 is 4.74 Å². The Hall–Kier alpha value is -0.550. The first-order valence-electron chi connectivity index (χ1n) is 2.38. The predicted molar refractivity (Wildman–Crippen MR) is 37.3 cm³/mol. The summed E-state index contributed by atoms with van der Waals surface area (Å²) in [7, 11) is 1.22. The maximum atomic E-state index is 10.5. The minimum Gasteiger partial charge on any atom is -0.459 e. The van der Waals surface area contributed by atoms with Crippen LogP contribution in [0.4, 0.5) is 0 Å². The van der Waals surface area contributed by atoms with Gasteiger partial charge in [0.25, 0.3) is 9.05 Å². The summed E-state index contributed by atoms with van der Waals surface area (Å²) in [5, 5.41) is -0.246. The van der Waals surface area contributed by atoms with Crippen LogP contribution >= 0.6 is 10.7 Å². The highest BCUT2D eigenvalue weighted by molar-refractivity contribution is 8.16. The average molecular weight is 182 g/mol. The van der Waals surface area contributed by atoms with E-state index >= 15 is 0 Å². The predicted octanol–water partition coefficient (Wildman–Crippen LogP) is 0.455. The van der Waals surface area contributed by atoms with Crippen LogP contribution in [0.3, 0.4) is 0 Å². The number of hydrogen-bond acceptors (Lipinski definition) is 4. The Balaban J connectivity index is 2.93. The minimum absolute atomic E-state index is 0.0117. The third-order valence-corrected chi connectivity index (χ3v) is 2.03. The second kappa shape index (κ2) is 2.59. The van der Waals surface area contributed by atoms with Crippen LogP contribution in [0.1, 0.15) is 0 Å². The number of allylic oxidation sites excluding steroid dienone is 1. The van der Waals surface area contributed by atoms with Crippen molar-refractivity contribution < 1.29 is 13.2 Å². The Kier molecular flexibility index (Phi) is 1.96. The van der Waals surface area contributed by atoms with Gasteiger partial charge in [0.15, 0.2) is 6.73 Å². The van der Waals surface area contributed by atoms with E-state index in [2.05, 4.69) is 9.73 Å². The molecule has 0 amide bonds. The molecule has 1 rings (SSSR count). The zero-order chi connectivity index (χ0) is 7.61. The quantitative estimate of drug-likeness (QED) is 0.552. The fraction of sp³-hybridized carbons (Fsp3) is 0.250. The third-order valence-electron chi connectivity index (χ3n) is 0.838. The lowest BCUT2D eigenvalue weighted by Crippen LogP contribution is -2.04. The highest BCUT2D eigenvalue weighted by atomic mass is 35.7. The Bertz CT molecular complexity index is 279. The summed E-state index contributed by atoms with van der Waals surface area (Å²) in [5.41, 5.74) is 0. The van der Waals surface area contributed by atoms with Crippen molar-refractivity contribution in [1.29, 1.82) is 0 Å². The van der Waals surface area contributed by atoms with Crippen LogP contribution < -0.4 is 0 Å². The van der Waals surface area contributed by atoms with Crippen molar-refractivity contribution in [1.82, 2.24) is 0 Å². The molecule has 0 atom stereocenters. The number of nitrogens with zero attached hydrogens (tertiary/aromatic N) is 1. The van der Waals surface area contributed by atoms with E-state index in [1.165, 1.54) is 12.3 Å². The van der Waals surface area contributed by atoms with Gasteiger partial charge in [0.2, 0.25) is 5.09 Å². The summed E-state index contributed by atoms with van der Waals surface area (Å²) >= 11 is 0. The summed E-state index contributed by atoms with van der Waals surface area (Å²) in [6, 6.07) is 0. The molecule has 0 saturated carbocycles. The molecule has 0 aromatic rings. The summed E-state index contributed by atoms with van der Waals surface area (Å²) < 4.78 is 25.6. The van der Waals surface area contributed by atoms with E-state index in [9.17, 15) is 8.42 Å². The molecule has 0 radical (unpaired) electrons. The average Bonchev–Trinajstić information content (AvgIpc) is 1.88. The molecule has 0 spiro atoms. The van der Waals surface area contributed by atoms with E-state index < -0.39 is 9.05 Å². The molecule has 6 heteroatoms. The molecule has 56 valence electrons. The molecule has 0 aliphatic carbocycles. The van der Waals surface area contributed by atoms with Crippen LogP contribution in [0.15, 0.2) is 16.2 Å². The van der Waals surface area contributed by atoms with Crippen molar-refractivity contribution in [3.8, 4) is 0 Å². The molecular weight excluding hydrogens is 178 g/mol. The van der Waals surface area contributed by atoms with E-state index in [-0.39, 0.29) is 11.8 Å². The summed E-state index contributed by atoms with van der Waals surface area (Å²) in [5.74, 6) is 0. The molecule has 1 aliphatic heterocycles. The van der Waals surface area contributed by atoms with Gasteiger partial charge in [0.05, 0.1) is 0 Å². The van der Waals surface area contributed by atoms with Crippen molar-refractivity contribution in [2.75, 3.05) is 6.73 Å². The van der Waals surface area contributed by atoms with Crippen LogP contribution in [0, 0.1) is 0 Å². The number of hydrogen-bond donors (Lipinski definition) is 0. The van der Waals surface area contributed by atoms with Crippen LogP contribution in [-0.2, 0) is 13.8 Å². The largest absolute Gasteiger partial charge is 0.459 e. The molecule has 4 nitrogen and oxygen atoms in total. The molecule has 0 fully saturated rings. The normalized spacial score (nSPS) is 17.9. The van der Waals surface area contributed by atoms with Crippen LogP contribution in [0.25, 0.3) is 0 Å². The smallest absolute Gasteiger partial charge is 0.294 e. The molecule has 0 aromatic carbocycles. The number of rotatable bonds is 1. The van der Waals surface area contributed by atoms with Gasteiger partial charge in [0, 0.05) is 23.0 Å². The Labute approximate surface area is 62.6 Å². The monoisotopic (exact) mass is 181 g/mol. The molecule has 0 aromatic heterocycles. The lowest BCUT2D eigenvalue weighted by molar-refractivity contribution is 0.243. The van der Waals surface area contributed by atoms with Gasteiger partial charge in [-0.3, -0.25) is 4.99 Å². The molecular formula is C4H4ClNO3S. The van der Waals surface area contributed by atoms with Crippen molar-refractivity contribution in [2.45, 2.75) is 0 Å². The maximum absolute atomic E-state index is 10.5. The number of halogens is 1. The Morgan fingerprint density at radius 2 is 2.40 bits per heavy atom. The van der Waals surface area contributed by atoms with Gasteiger partial charge in [-0.05, 0) is 0 Å². The molecule has 1 aliphatic rings. The van der Waals surface area contributed by atoms with Gasteiger partial charge in [-0.2, -0.15) is 0 Å². The minimum atomic E-state index is -3.71. The van der Waals surface area contributed by atoms with E-state index in [1.54, 1.807) is 0 Å². The number of aliphatic imine (C=N–C) groups is 1. The van der Waals surface area contributed by atoms with Crippen molar-refractivity contribution >= 4 is 25.9 Å². The summed E-state index contributed by atoms with van der Waals surface area (Å²) in [6.07, 6.45) is 2.53. The highest BCUT2D eigenvalue weighted by Crippen LogP contribution is 2.14. The van der Waals surface area contributed by atoms with Crippen LogP contribution in [0.5, 0.6) is 0 Å². The molecule has 0 unspecified atom stereocenters. The first kappa shape index (κ1) is 7.56. The first-order chi connectivity index (χ1) is 4.61. The van der Waals surface area contributed by atoms with Crippen molar-refractivity contribution in [3.63, 3.8) is 0 Å². The Morgan fingerprint density at radius 3 is 2.70 bits per heavy atom. The zero-order valence-corrected chi connectivity index (χ0v) is 6.39. The second-order valence-corrected chi connectivity index (χ2v) is 4.03. The van der Waals surface area contributed by atoms with E-state index in [0.717, 1.165) is 0 Å². The summed E-state index contributed by atoms with van der Waals surface area (Å²) in [4.78, 5) is 3.59. The van der Waals surface area contributed by atoms with E-state index in [4.69, 9.17) is 10.7 Å². The van der Waals surface area contributed by atoms with Crippen molar-refractivity contribution in [2.24, 2.45) is 4.99 Å². The standard InChI is InChI=1S/C4H4ClNO3S/c5-10(7,8)4-1-2-6-3-9-4/h1-2H,3H2. The molecule has 0 saturated heterocycles.